The summed E-state index contributed by atoms with van der Waals surface area (Å²) in [7, 11) is 0. The van der Waals surface area contributed by atoms with Crippen molar-refractivity contribution in [2.24, 2.45) is 0 Å². The monoisotopic (exact) mass is 711 g/mol. The van der Waals surface area contributed by atoms with Crippen LogP contribution in [-0.4, -0.2) is 0 Å². The molecule has 0 atom stereocenters. The van der Waals surface area contributed by atoms with E-state index in [1.165, 1.54) is 75.8 Å². The van der Waals surface area contributed by atoms with Crippen molar-refractivity contribution in [1.29, 1.82) is 0 Å². The summed E-state index contributed by atoms with van der Waals surface area (Å²) in [6.07, 6.45) is 2.10. The highest BCUT2D eigenvalue weighted by Crippen LogP contribution is 2.44. The van der Waals surface area contributed by atoms with E-state index in [4.69, 9.17) is 0 Å². The van der Waals surface area contributed by atoms with Gasteiger partial charge in [0.15, 0.2) is 0 Å². The first kappa shape index (κ1) is 33.6. The van der Waals surface area contributed by atoms with Crippen LogP contribution in [-0.2, 0) is 6.42 Å². The van der Waals surface area contributed by atoms with Crippen molar-refractivity contribution in [3.8, 4) is 44.5 Å². The predicted octanol–water partition coefficient (Wildman–Crippen LogP) is 15.5. The average Bonchev–Trinajstić information content (AvgIpc) is 3.61. The maximum Gasteiger partial charge on any atom is 0.0467 e. The molecular weight excluding hydrogens is 671 g/mol. The van der Waals surface area contributed by atoms with Crippen LogP contribution in [0.15, 0.2) is 188 Å². The molecule has 1 nitrogen and oxygen atoms in total. The minimum atomic E-state index is 1.02. The molecule has 0 spiro atoms. The third-order valence-electron chi connectivity index (χ3n) is 10.6. The smallest absolute Gasteiger partial charge is 0.0467 e. The summed E-state index contributed by atoms with van der Waals surface area (Å²) < 4.78 is 2.67. The predicted molar refractivity (Wildman–Crippen MR) is 234 cm³/mol. The highest BCUT2D eigenvalue weighted by atomic mass is 32.1. The van der Waals surface area contributed by atoms with Gasteiger partial charge in [-0.05, 0) is 124 Å². The quantitative estimate of drug-likeness (QED) is 0.144. The minimum Gasteiger partial charge on any atom is -0.310 e. The normalized spacial score (nSPS) is 11.3. The van der Waals surface area contributed by atoms with Crippen LogP contribution in [0.25, 0.3) is 64.7 Å². The van der Waals surface area contributed by atoms with E-state index >= 15 is 0 Å². The number of hydrogen-bond donors (Lipinski definition) is 0. The first-order valence-electron chi connectivity index (χ1n) is 18.9. The molecule has 0 saturated heterocycles. The van der Waals surface area contributed by atoms with E-state index in [2.05, 4.69) is 207 Å². The molecule has 0 amide bonds. The summed E-state index contributed by atoms with van der Waals surface area (Å²) in [5.41, 5.74) is 16.0. The van der Waals surface area contributed by atoms with Gasteiger partial charge in [0.1, 0.15) is 0 Å². The summed E-state index contributed by atoms with van der Waals surface area (Å²) in [4.78, 5) is 2.40. The molecule has 0 fully saturated rings. The molecule has 0 aliphatic carbocycles. The molecule has 8 aromatic carbocycles. The fourth-order valence-electron chi connectivity index (χ4n) is 7.86. The number of hydrogen-bond acceptors (Lipinski definition) is 2. The van der Waals surface area contributed by atoms with Gasteiger partial charge in [-0.3, -0.25) is 0 Å². The Morgan fingerprint density at radius 1 is 0.426 bits per heavy atom. The first-order chi connectivity index (χ1) is 26.6. The number of fused-ring (bicyclic) bond motifs is 3. The standard InChI is InChI=1S/C52H41NS/c1-3-13-41-18-12-20-46(42-27-33-51-49(34-42)47-19-10-11-21-50(47)54-51)52(41)48-35-45(28-22-36(48)2)53(43-29-23-39(24-30-43)37-14-6-4-7-15-37)44-31-25-40(26-32-44)38-16-8-5-9-17-38/h4-12,14-35H,3,13H2,1-2H3. The number of rotatable bonds is 9. The molecule has 0 N–H and O–H groups in total. The van der Waals surface area contributed by atoms with Gasteiger partial charge in [0, 0.05) is 37.2 Å². The lowest BCUT2D eigenvalue weighted by Gasteiger charge is -2.27. The SMILES string of the molecule is CCCc1cccc(-c2ccc3sc4ccccc4c3c2)c1-c1cc(N(c2ccc(-c3ccccc3)cc2)c2ccc(-c3ccccc3)cc2)ccc1C. The van der Waals surface area contributed by atoms with Gasteiger partial charge in [0.05, 0.1) is 0 Å². The summed E-state index contributed by atoms with van der Waals surface area (Å²) in [6.45, 7) is 4.54. The molecule has 9 rings (SSSR count). The Balaban J connectivity index is 1.20. The zero-order valence-electron chi connectivity index (χ0n) is 30.7. The zero-order chi connectivity index (χ0) is 36.4. The van der Waals surface area contributed by atoms with Crippen LogP contribution in [0.3, 0.4) is 0 Å². The van der Waals surface area contributed by atoms with Crippen LogP contribution in [0.5, 0.6) is 0 Å². The van der Waals surface area contributed by atoms with E-state index in [0.717, 1.165) is 29.9 Å². The van der Waals surface area contributed by atoms with Crippen molar-refractivity contribution in [1.82, 2.24) is 0 Å². The minimum absolute atomic E-state index is 1.02. The van der Waals surface area contributed by atoms with Gasteiger partial charge < -0.3 is 4.90 Å². The van der Waals surface area contributed by atoms with E-state index in [-0.39, 0.29) is 0 Å². The van der Waals surface area contributed by atoms with E-state index in [1.54, 1.807) is 0 Å². The van der Waals surface area contributed by atoms with Crippen LogP contribution in [0.1, 0.15) is 24.5 Å². The second kappa shape index (κ2) is 14.7. The van der Waals surface area contributed by atoms with Crippen LogP contribution in [0.4, 0.5) is 17.1 Å². The van der Waals surface area contributed by atoms with Crippen molar-refractivity contribution in [3.05, 3.63) is 199 Å². The topological polar surface area (TPSA) is 3.24 Å². The fourth-order valence-corrected chi connectivity index (χ4v) is 8.95. The van der Waals surface area contributed by atoms with Gasteiger partial charge in [-0.15, -0.1) is 11.3 Å². The van der Waals surface area contributed by atoms with Crippen LogP contribution >= 0.6 is 11.3 Å². The Labute approximate surface area is 322 Å². The van der Waals surface area contributed by atoms with Crippen LogP contribution < -0.4 is 4.90 Å². The molecule has 1 heterocycles. The Bertz CT molecular complexity index is 2620. The molecule has 0 saturated carbocycles. The maximum atomic E-state index is 2.42. The summed E-state index contributed by atoms with van der Waals surface area (Å²) in [5.74, 6) is 0. The maximum absolute atomic E-state index is 2.42. The van der Waals surface area contributed by atoms with Gasteiger partial charge in [0.2, 0.25) is 0 Å². The van der Waals surface area contributed by atoms with Gasteiger partial charge in [-0.2, -0.15) is 0 Å². The largest absolute Gasteiger partial charge is 0.310 e. The lowest BCUT2D eigenvalue weighted by Crippen LogP contribution is -2.10. The van der Waals surface area contributed by atoms with E-state index in [0.29, 0.717) is 0 Å². The molecule has 0 aliphatic rings. The molecule has 0 aliphatic heterocycles. The van der Waals surface area contributed by atoms with Crippen LogP contribution in [0, 0.1) is 6.92 Å². The van der Waals surface area contributed by atoms with Gasteiger partial charge in [0.25, 0.3) is 0 Å². The number of anilines is 3. The molecule has 2 heteroatoms. The van der Waals surface area contributed by atoms with Crippen molar-refractivity contribution < 1.29 is 0 Å². The first-order valence-corrected chi connectivity index (χ1v) is 19.7. The average molecular weight is 712 g/mol. The number of benzene rings is 8. The number of nitrogens with zero attached hydrogens (tertiary/aromatic N) is 1. The molecule has 0 unspecified atom stereocenters. The van der Waals surface area contributed by atoms with E-state index < -0.39 is 0 Å². The van der Waals surface area contributed by atoms with Gasteiger partial charge in [-0.1, -0.05) is 147 Å². The second-order valence-corrected chi connectivity index (χ2v) is 15.1. The van der Waals surface area contributed by atoms with E-state index in [1.807, 2.05) is 11.3 Å². The van der Waals surface area contributed by atoms with Crippen molar-refractivity contribution in [2.75, 3.05) is 4.90 Å². The third-order valence-corrected chi connectivity index (χ3v) is 11.7. The number of aryl methyl sites for hydroxylation is 2. The Hall–Kier alpha value is -6.22. The second-order valence-electron chi connectivity index (χ2n) is 14.1. The highest BCUT2D eigenvalue weighted by Gasteiger charge is 2.19. The Morgan fingerprint density at radius 3 is 1.63 bits per heavy atom. The lowest BCUT2D eigenvalue weighted by molar-refractivity contribution is 0.924. The number of thiophene rings is 1. The van der Waals surface area contributed by atoms with Gasteiger partial charge >= 0.3 is 0 Å². The van der Waals surface area contributed by atoms with Crippen molar-refractivity contribution >= 4 is 48.6 Å². The molecule has 0 bridgehead atoms. The molecule has 9 aromatic rings. The summed E-state index contributed by atoms with van der Waals surface area (Å²) in [6, 6.07) is 68.9. The highest BCUT2D eigenvalue weighted by molar-refractivity contribution is 7.25. The van der Waals surface area contributed by atoms with Crippen LogP contribution in [0.2, 0.25) is 0 Å². The molecule has 54 heavy (non-hydrogen) atoms. The Morgan fingerprint density at radius 2 is 0.981 bits per heavy atom. The van der Waals surface area contributed by atoms with E-state index in [9.17, 15) is 0 Å². The Kier molecular flexibility index (Phi) is 9.12. The van der Waals surface area contributed by atoms with Gasteiger partial charge in [-0.25, -0.2) is 0 Å². The summed E-state index contributed by atoms with van der Waals surface area (Å²) in [5, 5.41) is 2.66. The molecule has 0 radical (unpaired) electrons. The fraction of sp³-hybridized carbons (Fsp3) is 0.0769. The third kappa shape index (κ3) is 6.40. The van der Waals surface area contributed by atoms with Crippen molar-refractivity contribution in [2.45, 2.75) is 26.7 Å². The summed E-state index contributed by atoms with van der Waals surface area (Å²) >= 11 is 1.87. The lowest BCUT2D eigenvalue weighted by atomic mass is 9.86. The molecule has 1 aromatic heterocycles. The molecular formula is C52H41NS. The molecule has 260 valence electrons. The zero-order valence-corrected chi connectivity index (χ0v) is 31.5. The van der Waals surface area contributed by atoms with Crippen molar-refractivity contribution in [3.63, 3.8) is 0 Å².